The third-order valence-electron chi connectivity index (χ3n) is 14.0. The van der Waals surface area contributed by atoms with Crippen molar-refractivity contribution in [3.63, 3.8) is 0 Å². The zero-order valence-corrected chi connectivity index (χ0v) is 41.0. The highest BCUT2D eigenvalue weighted by atomic mass is 32.2. The van der Waals surface area contributed by atoms with Crippen molar-refractivity contribution in [1.82, 2.24) is 5.32 Å². The molecule has 4 aliphatic carbocycles. The van der Waals surface area contributed by atoms with Gasteiger partial charge in [-0.05, 0) is 77.0 Å². The standard InChI is InChI=1S/C24H43NO5S.C22H38O5S.C2H7NO/c1-31(29,30)20-21(27)23(14-15-23)12-10-8-6-4-2-3-5-7-9-11-13-24(16-17-24)22(28)25-18-19-26;1-28(26,27)18-19(23)21(14-15-21)12-10-8-6-4-2-3-5-7-9-11-13-22(16-17-22)20(24)25;3-1-2-4/h26H,2-20H2,1H3,(H,25,28);2-18H2,1H3,(H,24,25);4H,1-3H2. The summed E-state index contributed by atoms with van der Waals surface area (Å²) >= 11 is 0. The molecule has 63 heavy (non-hydrogen) atoms. The lowest BCUT2D eigenvalue weighted by Gasteiger charge is -2.14. The number of rotatable bonds is 37. The Labute approximate surface area is 381 Å². The number of Topliss-reactive ketones (excluding diaryl/α,β-unsaturated/α-hetero) is 2. The number of hydrogen-bond donors (Lipinski definition) is 5. The summed E-state index contributed by atoms with van der Waals surface area (Å²) in [5.41, 5.74) is 3.70. The normalized spacial score (nSPS) is 18.2. The number of aliphatic hydroxyl groups is 2. The summed E-state index contributed by atoms with van der Waals surface area (Å²) in [6.45, 7) is 0.844. The lowest BCUT2D eigenvalue weighted by molar-refractivity contribution is -0.143. The number of hydrogen-bond acceptors (Lipinski definition) is 11. The number of ketones is 2. The summed E-state index contributed by atoms with van der Waals surface area (Å²) < 4.78 is 45.3. The number of sulfone groups is 2. The van der Waals surface area contributed by atoms with Gasteiger partial charge in [0.05, 0.1) is 18.6 Å². The molecule has 0 saturated heterocycles. The molecule has 0 aliphatic heterocycles. The predicted molar refractivity (Wildman–Crippen MR) is 251 cm³/mol. The third-order valence-corrected chi connectivity index (χ3v) is 15.5. The topological polar surface area (TPSA) is 235 Å². The number of nitrogens with one attached hydrogen (secondary N) is 1. The number of aliphatic carboxylic acids is 1. The zero-order chi connectivity index (χ0) is 46.9. The van der Waals surface area contributed by atoms with Crippen LogP contribution in [0.2, 0.25) is 0 Å². The number of unbranched alkanes of at least 4 members (excludes halogenated alkanes) is 18. The number of amides is 1. The Morgan fingerprint density at radius 1 is 0.460 bits per heavy atom. The largest absolute Gasteiger partial charge is 0.481 e. The van der Waals surface area contributed by atoms with E-state index in [1.54, 1.807) is 0 Å². The molecule has 368 valence electrons. The van der Waals surface area contributed by atoms with Gasteiger partial charge < -0.3 is 26.4 Å². The Morgan fingerprint density at radius 3 is 0.937 bits per heavy atom. The van der Waals surface area contributed by atoms with Gasteiger partial charge >= 0.3 is 5.97 Å². The van der Waals surface area contributed by atoms with Gasteiger partial charge in [0.1, 0.15) is 11.5 Å². The number of carboxylic acid groups (broad SMARTS) is 1. The van der Waals surface area contributed by atoms with Gasteiger partial charge in [-0.2, -0.15) is 0 Å². The van der Waals surface area contributed by atoms with Crippen molar-refractivity contribution >= 4 is 43.1 Å². The summed E-state index contributed by atoms with van der Waals surface area (Å²) in [4.78, 5) is 47.5. The first-order chi connectivity index (χ1) is 29.8. The number of carbonyl (C=O) groups is 4. The van der Waals surface area contributed by atoms with Crippen LogP contribution >= 0.6 is 0 Å². The van der Waals surface area contributed by atoms with E-state index in [4.69, 9.17) is 21.1 Å². The van der Waals surface area contributed by atoms with E-state index in [-0.39, 0.29) is 63.9 Å². The summed E-state index contributed by atoms with van der Waals surface area (Å²) in [6, 6.07) is 0. The van der Waals surface area contributed by atoms with Crippen LogP contribution in [0.25, 0.3) is 0 Å². The van der Waals surface area contributed by atoms with Gasteiger partial charge in [0.15, 0.2) is 31.2 Å². The molecule has 13 nitrogen and oxygen atoms in total. The number of nitrogens with two attached hydrogens (primary N) is 1. The first kappa shape index (κ1) is 57.2. The minimum Gasteiger partial charge on any atom is -0.481 e. The molecule has 0 bridgehead atoms. The second-order valence-corrected chi connectivity index (χ2v) is 24.3. The highest BCUT2D eigenvalue weighted by molar-refractivity contribution is 7.91. The summed E-state index contributed by atoms with van der Waals surface area (Å²) in [6.07, 6.45) is 36.7. The Morgan fingerprint density at radius 2 is 0.714 bits per heavy atom. The smallest absolute Gasteiger partial charge is 0.309 e. The summed E-state index contributed by atoms with van der Waals surface area (Å²) in [7, 11) is -6.41. The maximum Gasteiger partial charge on any atom is 0.309 e. The Kier molecular flexibility index (Phi) is 26.3. The minimum atomic E-state index is -3.21. The Hall–Kier alpha value is -1.94. The van der Waals surface area contributed by atoms with Gasteiger partial charge in [0.25, 0.3) is 0 Å². The lowest BCUT2D eigenvalue weighted by Crippen LogP contribution is -2.33. The molecule has 0 radical (unpaired) electrons. The molecular formula is C48H88N2O11S2. The van der Waals surface area contributed by atoms with Crippen LogP contribution < -0.4 is 11.1 Å². The molecular weight excluding hydrogens is 845 g/mol. The maximum atomic E-state index is 12.2. The van der Waals surface area contributed by atoms with E-state index < -0.39 is 25.6 Å². The van der Waals surface area contributed by atoms with Crippen LogP contribution in [0.4, 0.5) is 0 Å². The molecule has 4 aliphatic rings. The number of carbonyl (C=O) groups excluding carboxylic acids is 3. The van der Waals surface area contributed by atoms with E-state index in [0.717, 1.165) is 135 Å². The van der Waals surface area contributed by atoms with E-state index in [0.29, 0.717) is 13.1 Å². The van der Waals surface area contributed by atoms with Crippen LogP contribution in [0.15, 0.2) is 0 Å². The van der Waals surface area contributed by atoms with Crippen molar-refractivity contribution in [2.45, 2.75) is 205 Å². The highest BCUT2D eigenvalue weighted by Crippen LogP contribution is 2.53. The molecule has 0 atom stereocenters. The first-order valence-electron chi connectivity index (χ1n) is 24.7. The number of carboxylic acids is 1. The van der Waals surface area contributed by atoms with Crippen LogP contribution in [0.5, 0.6) is 0 Å². The SMILES string of the molecule is CS(=O)(=O)CC(=O)C1(CCCCCCCCCCCCC2(C(=O)NCCO)CC2)CC1.CS(=O)(=O)CC(=O)C1(CCCCCCCCCCCCC2(C(=O)O)CC2)CC1.NCCO. The van der Waals surface area contributed by atoms with E-state index in [1.165, 1.54) is 83.5 Å². The van der Waals surface area contributed by atoms with Gasteiger partial charge in [-0.1, -0.05) is 128 Å². The number of aliphatic hydroxyl groups excluding tert-OH is 2. The molecule has 4 fully saturated rings. The second kappa shape index (κ2) is 29.0. The average Bonchev–Trinajstić information content (AvgIpc) is 4.01. The molecule has 4 rings (SSSR count). The van der Waals surface area contributed by atoms with Crippen LogP contribution in [-0.4, -0.2) is 106 Å². The first-order valence-corrected chi connectivity index (χ1v) is 28.8. The summed E-state index contributed by atoms with van der Waals surface area (Å²) in [5.74, 6) is -1.16. The predicted octanol–water partition coefficient (Wildman–Crippen LogP) is 7.81. The van der Waals surface area contributed by atoms with Crippen LogP contribution in [0.1, 0.15) is 205 Å². The molecule has 0 unspecified atom stereocenters. The van der Waals surface area contributed by atoms with Gasteiger partial charge in [0, 0.05) is 41.8 Å². The molecule has 0 aromatic heterocycles. The lowest BCUT2D eigenvalue weighted by atomic mass is 9.94. The van der Waals surface area contributed by atoms with E-state index >= 15 is 0 Å². The zero-order valence-electron chi connectivity index (χ0n) is 39.4. The molecule has 4 saturated carbocycles. The van der Waals surface area contributed by atoms with E-state index in [1.807, 2.05) is 0 Å². The van der Waals surface area contributed by atoms with Crippen molar-refractivity contribution in [2.75, 3.05) is 50.3 Å². The van der Waals surface area contributed by atoms with Crippen LogP contribution in [0.3, 0.4) is 0 Å². The second-order valence-electron chi connectivity index (χ2n) is 20.0. The van der Waals surface area contributed by atoms with Crippen molar-refractivity contribution in [2.24, 2.45) is 27.4 Å². The maximum absolute atomic E-state index is 12.2. The van der Waals surface area contributed by atoms with E-state index in [2.05, 4.69) is 5.32 Å². The fourth-order valence-corrected chi connectivity index (χ4v) is 10.5. The summed E-state index contributed by atoms with van der Waals surface area (Å²) in [5, 5.41) is 28.5. The van der Waals surface area contributed by atoms with E-state index in [9.17, 15) is 36.0 Å². The van der Waals surface area contributed by atoms with Gasteiger partial charge in [-0.3, -0.25) is 19.2 Å². The van der Waals surface area contributed by atoms with Gasteiger partial charge in [-0.15, -0.1) is 0 Å². The van der Waals surface area contributed by atoms with Gasteiger partial charge in [-0.25, -0.2) is 16.8 Å². The Bertz CT molecular complexity index is 1580. The molecule has 0 spiro atoms. The molecule has 15 heteroatoms. The molecule has 0 aromatic carbocycles. The quantitative estimate of drug-likeness (QED) is 0.0375. The van der Waals surface area contributed by atoms with Crippen molar-refractivity contribution < 1.29 is 51.3 Å². The van der Waals surface area contributed by atoms with Crippen LogP contribution in [-0.2, 0) is 38.9 Å². The molecule has 0 heterocycles. The van der Waals surface area contributed by atoms with Crippen molar-refractivity contribution in [1.29, 1.82) is 0 Å². The van der Waals surface area contributed by atoms with Crippen molar-refractivity contribution in [3.8, 4) is 0 Å². The minimum absolute atomic E-state index is 0.00759. The van der Waals surface area contributed by atoms with Crippen molar-refractivity contribution in [3.05, 3.63) is 0 Å². The fraction of sp³-hybridized carbons (Fsp3) is 0.917. The average molecular weight is 933 g/mol. The Balaban J connectivity index is 0.000000401. The molecule has 0 aromatic rings. The van der Waals surface area contributed by atoms with Crippen LogP contribution in [0, 0.1) is 21.7 Å². The highest BCUT2D eigenvalue weighted by Gasteiger charge is 2.51. The fourth-order valence-electron chi connectivity index (χ4n) is 8.92. The van der Waals surface area contributed by atoms with Gasteiger partial charge in [0.2, 0.25) is 5.91 Å². The molecule has 6 N–H and O–H groups in total. The monoisotopic (exact) mass is 933 g/mol. The molecule has 1 amide bonds. The third kappa shape index (κ3) is 24.4.